The maximum absolute atomic E-state index is 13.2. The number of nitrogens with two attached hydrogens (primary N) is 1. The van der Waals surface area contributed by atoms with Gasteiger partial charge in [0.1, 0.15) is 5.82 Å². The van der Waals surface area contributed by atoms with Crippen molar-refractivity contribution in [3.63, 3.8) is 0 Å². The van der Waals surface area contributed by atoms with Crippen LogP contribution >= 0.6 is 0 Å². The first-order valence-electron chi connectivity index (χ1n) is 6.96. The van der Waals surface area contributed by atoms with Crippen LogP contribution in [0.5, 0.6) is 0 Å². The normalized spacial score (nSPS) is 10.7. The lowest BCUT2D eigenvalue weighted by Gasteiger charge is -2.27. The molecule has 0 radical (unpaired) electrons. The molecule has 2 N–H and O–H groups in total. The Morgan fingerprint density at radius 2 is 1.72 bits per heavy atom. The highest BCUT2D eigenvalue weighted by atomic mass is 19.1. The van der Waals surface area contributed by atoms with Gasteiger partial charge in [0.15, 0.2) is 0 Å². The number of hydrogen-bond acceptors (Lipinski definition) is 2. The molecule has 0 amide bonds. The van der Waals surface area contributed by atoms with E-state index < -0.39 is 0 Å². The highest BCUT2D eigenvalue weighted by Gasteiger charge is 2.10. The van der Waals surface area contributed by atoms with Gasteiger partial charge in [0.05, 0.1) is 0 Å². The molecule has 0 aromatic heterocycles. The van der Waals surface area contributed by atoms with Crippen LogP contribution in [0.3, 0.4) is 0 Å². The zero-order valence-electron chi connectivity index (χ0n) is 11.6. The molecule has 2 nitrogen and oxygen atoms in total. The molecule has 0 bridgehead atoms. The molecule has 0 heterocycles. The van der Waals surface area contributed by atoms with E-state index in [1.807, 2.05) is 6.07 Å². The summed E-state index contributed by atoms with van der Waals surface area (Å²) in [5.41, 5.74) is 7.72. The first-order valence-corrected chi connectivity index (χ1v) is 6.96. The Hall–Kier alpha value is -1.09. The lowest BCUT2D eigenvalue weighted by atomic mass is 10.1. The van der Waals surface area contributed by atoms with Crippen LogP contribution in [-0.2, 0) is 6.54 Å². The van der Waals surface area contributed by atoms with Crippen molar-refractivity contribution in [1.29, 1.82) is 0 Å². The number of hydrogen-bond donors (Lipinski definition) is 1. The second-order valence-electron chi connectivity index (χ2n) is 4.67. The molecule has 0 spiro atoms. The Labute approximate surface area is 110 Å². The van der Waals surface area contributed by atoms with Gasteiger partial charge in [-0.2, -0.15) is 0 Å². The topological polar surface area (TPSA) is 29.3 Å². The molecule has 0 saturated carbocycles. The van der Waals surface area contributed by atoms with Crippen LogP contribution in [0.1, 0.15) is 45.1 Å². The maximum Gasteiger partial charge on any atom is 0.123 e. The highest BCUT2D eigenvalue weighted by molar-refractivity contribution is 5.53. The van der Waals surface area contributed by atoms with Crippen LogP contribution in [-0.4, -0.2) is 13.1 Å². The zero-order chi connectivity index (χ0) is 13.4. The molecule has 0 atom stereocenters. The van der Waals surface area contributed by atoms with Gasteiger partial charge in [-0.25, -0.2) is 4.39 Å². The second kappa shape index (κ2) is 8.09. The van der Waals surface area contributed by atoms with E-state index in [1.165, 1.54) is 18.9 Å². The molecular weight excluding hydrogens is 227 g/mol. The standard InChI is InChI=1S/C15H25FN2/c1-3-5-9-18(10-6-4-2)15-8-7-14(16)11-13(15)12-17/h7-8,11H,3-6,9-10,12,17H2,1-2H3. The van der Waals surface area contributed by atoms with Crippen molar-refractivity contribution in [3.8, 4) is 0 Å². The van der Waals surface area contributed by atoms with E-state index in [1.54, 1.807) is 6.07 Å². The number of anilines is 1. The number of unbranched alkanes of at least 4 members (excludes halogenated alkanes) is 2. The Bertz CT molecular complexity index is 344. The highest BCUT2D eigenvalue weighted by Crippen LogP contribution is 2.22. The van der Waals surface area contributed by atoms with Crippen LogP contribution in [0.25, 0.3) is 0 Å². The molecule has 18 heavy (non-hydrogen) atoms. The van der Waals surface area contributed by atoms with Crippen molar-refractivity contribution in [1.82, 2.24) is 0 Å². The molecular formula is C15H25FN2. The summed E-state index contributed by atoms with van der Waals surface area (Å²) in [5, 5.41) is 0. The van der Waals surface area contributed by atoms with E-state index in [0.717, 1.165) is 37.2 Å². The number of rotatable bonds is 8. The van der Waals surface area contributed by atoms with E-state index in [2.05, 4.69) is 18.7 Å². The predicted octanol–water partition coefficient (Wildman–Crippen LogP) is 3.69. The van der Waals surface area contributed by atoms with Gasteiger partial charge in [-0.05, 0) is 36.6 Å². The summed E-state index contributed by atoms with van der Waals surface area (Å²) in [7, 11) is 0. The Balaban J connectivity index is 2.88. The SMILES string of the molecule is CCCCN(CCCC)c1ccc(F)cc1CN. The van der Waals surface area contributed by atoms with Crippen molar-refractivity contribution in [2.75, 3.05) is 18.0 Å². The van der Waals surface area contributed by atoms with Gasteiger partial charge >= 0.3 is 0 Å². The minimum atomic E-state index is -0.204. The van der Waals surface area contributed by atoms with Crippen molar-refractivity contribution in [2.45, 2.75) is 46.1 Å². The summed E-state index contributed by atoms with van der Waals surface area (Å²) >= 11 is 0. The second-order valence-corrected chi connectivity index (χ2v) is 4.67. The molecule has 1 aromatic carbocycles. The summed E-state index contributed by atoms with van der Waals surface area (Å²) in [4.78, 5) is 2.34. The molecule has 1 aromatic rings. The average Bonchev–Trinajstić information content (AvgIpc) is 2.39. The fraction of sp³-hybridized carbons (Fsp3) is 0.600. The monoisotopic (exact) mass is 252 g/mol. The Morgan fingerprint density at radius 1 is 1.11 bits per heavy atom. The van der Waals surface area contributed by atoms with E-state index in [0.29, 0.717) is 6.54 Å². The van der Waals surface area contributed by atoms with Crippen LogP contribution in [0.2, 0.25) is 0 Å². The summed E-state index contributed by atoms with van der Waals surface area (Å²) in [5.74, 6) is -0.204. The summed E-state index contributed by atoms with van der Waals surface area (Å²) < 4.78 is 13.2. The van der Waals surface area contributed by atoms with Crippen molar-refractivity contribution >= 4 is 5.69 Å². The lowest BCUT2D eigenvalue weighted by Crippen LogP contribution is -2.27. The van der Waals surface area contributed by atoms with E-state index in [4.69, 9.17) is 5.73 Å². The Morgan fingerprint density at radius 3 is 2.22 bits per heavy atom. The number of halogens is 1. The van der Waals surface area contributed by atoms with Gasteiger partial charge in [0.25, 0.3) is 0 Å². The van der Waals surface area contributed by atoms with Crippen LogP contribution in [0.4, 0.5) is 10.1 Å². The van der Waals surface area contributed by atoms with Crippen LogP contribution in [0, 0.1) is 5.82 Å². The fourth-order valence-corrected chi connectivity index (χ4v) is 2.08. The van der Waals surface area contributed by atoms with Gasteiger partial charge in [0.2, 0.25) is 0 Å². The quantitative estimate of drug-likeness (QED) is 0.764. The third kappa shape index (κ3) is 4.30. The first-order chi connectivity index (χ1) is 8.72. The third-order valence-corrected chi connectivity index (χ3v) is 3.17. The molecule has 3 heteroatoms. The minimum Gasteiger partial charge on any atom is -0.371 e. The molecule has 0 saturated heterocycles. The smallest absolute Gasteiger partial charge is 0.123 e. The van der Waals surface area contributed by atoms with E-state index in [-0.39, 0.29) is 5.82 Å². The van der Waals surface area contributed by atoms with E-state index >= 15 is 0 Å². The van der Waals surface area contributed by atoms with Gasteiger partial charge in [-0.1, -0.05) is 26.7 Å². The summed E-state index contributed by atoms with van der Waals surface area (Å²) in [6, 6.07) is 4.95. The van der Waals surface area contributed by atoms with Crippen molar-refractivity contribution in [2.24, 2.45) is 5.73 Å². The van der Waals surface area contributed by atoms with E-state index in [9.17, 15) is 4.39 Å². The van der Waals surface area contributed by atoms with Gasteiger partial charge in [-0.15, -0.1) is 0 Å². The largest absolute Gasteiger partial charge is 0.371 e. The molecule has 1 rings (SSSR count). The average molecular weight is 252 g/mol. The Kier molecular flexibility index (Phi) is 6.73. The minimum absolute atomic E-state index is 0.204. The molecule has 0 aliphatic heterocycles. The summed E-state index contributed by atoms with van der Waals surface area (Å²) in [6.07, 6.45) is 4.65. The van der Waals surface area contributed by atoms with Crippen molar-refractivity contribution < 1.29 is 4.39 Å². The molecule has 0 aliphatic carbocycles. The molecule has 0 aliphatic rings. The molecule has 0 unspecified atom stereocenters. The third-order valence-electron chi connectivity index (χ3n) is 3.17. The van der Waals surface area contributed by atoms with Crippen molar-refractivity contribution in [3.05, 3.63) is 29.6 Å². The van der Waals surface area contributed by atoms with Gasteiger partial charge in [0, 0.05) is 25.3 Å². The summed E-state index contributed by atoms with van der Waals surface area (Å²) in [6.45, 7) is 6.81. The number of nitrogens with zero attached hydrogens (tertiary/aromatic N) is 1. The first kappa shape index (κ1) is 15.0. The van der Waals surface area contributed by atoms with Gasteiger partial charge in [-0.3, -0.25) is 0 Å². The zero-order valence-corrected chi connectivity index (χ0v) is 11.6. The predicted molar refractivity (Wildman–Crippen MR) is 76.3 cm³/mol. The molecule has 0 fully saturated rings. The lowest BCUT2D eigenvalue weighted by molar-refractivity contribution is 0.623. The fourth-order valence-electron chi connectivity index (χ4n) is 2.08. The van der Waals surface area contributed by atoms with Crippen LogP contribution in [0.15, 0.2) is 18.2 Å². The number of benzene rings is 1. The maximum atomic E-state index is 13.2. The van der Waals surface area contributed by atoms with Crippen LogP contribution < -0.4 is 10.6 Å². The van der Waals surface area contributed by atoms with Gasteiger partial charge < -0.3 is 10.6 Å². The molecule has 102 valence electrons.